The Labute approximate surface area is 124 Å². The summed E-state index contributed by atoms with van der Waals surface area (Å²) >= 11 is 12.3. The van der Waals surface area contributed by atoms with E-state index in [1.807, 2.05) is 6.07 Å². The van der Waals surface area contributed by atoms with Crippen LogP contribution in [-0.2, 0) is 0 Å². The molecule has 100 valence electrons. The normalized spacial score (nSPS) is 16.4. The standard InChI is InChI=1S/C15H9Cl2NO2/c16-7-4-5-11-9(6-7)13-14(18(11)20)12-8(15(13)19)2-1-3-10(12)17/h1-6,15,19-20H. The summed E-state index contributed by atoms with van der Waals surface area (Å²) < 4.78 is 1.07. The number of aliphatic hydroxyl groups is 1. The molecule has 0 saturated heterocycles. The fraction of sp³-hybridized carbons (Fsp3) is 0.0667. The quantitative estimate of drug-likeness (QED) is 0.610. The summed E-state index contributed by atoms with van der Waals surface area (Å²) in [6, 6.07) is 10.5. The molecule has 0 fully saturated rings. The maximum absolute atomic E-state index is 10.5. The highest BCUT2D eigenvalue weighted by atomic mass is 35.5. The number of halogens is 2. The minimum absolute atomic E-state index is 0.504. The van der Waals surface area contributed by atoms with Gasteiger partial charge in [0.1, 0.15) is 6.10 Å². The lowest BCUT2D eigenvalue weighted by Crippen LogP contribution is -1.95. The zero-order chi connectivity index (χ0) is 14.0. The highest BCUT2D eigenvalue weighted by Crippen LogP contribution is 2.50. The molecule has 0 spiro atoms. The van der Waals surface area contributed by atoms with Crippen LogP contribution in [0.4, 0.5) is 0 Å². The predicted octanol–water partition coefficient (Wildman–Crippen LogP) is 4.25. The molecule has 1 heterocycles. The lowest BCUT2D eigenvalue weighted by Gasteiger charge is -2.08. The summed E-state index contributed by atoms with van der Waals surface area (Å²) in [7, 11) is 0. The van der Waals surface area contributed by atoms with Crippen molar-refractivity contribution in [1.82, 2.24) is 4.73 Å². The number of fused-ring (bicyclic) bond motifs is 5. The Balaban J connectivity index is 2.20. The first-order chi connectivity index (χ1) is 9.59. The minimum Gasteiger partial charge on any atom is -0.428 e. The van der Waals surface area contributed by atoms with E-state index in [1.165, 1.54) is 0 Å². The summed E-state index contributed by atoms with van der Waals surface area (Å²) in [5.74, 6) is 0. The fourth-order valence-electron chi connectivity index (χ4n) is 2.96. The molecule has 1 aliphatic carbocycles. The van der Waals surface area contributed by atoms with Gasteiger partial charge in [0.2, 0.25) is 0 Å². The zero-order valence-electron chi connectivity index (χ0n) is 10.1. The van der Waals surface area contributed by atoms with Crippen LogP contribution in [0.25, 0.3) is 22.2 Å². The Morgan fingerprint density at radius 1 is 1.10 bits per heavy atom. The molecule has 0 saturated carbocycles. The van der Waals surface area contributed by atoms with Crippen LogP contribution in [0, 0.1) is 0 Å². The van der Waals surface area contributed by atoms with Gasteiger partial charge in [-0.15, -0.1) is 0 Å². The molecule has 5 heteroatoms. The number of aromatic nitrogens is 1. The number of aliphatic hydroxyl groups excluding tert-OH is 1. The molecule has 4 rings (SSSR count). The molecule has 1 aromatic heterocycles. The van der Waals surface area contributed by atoms with E-state index >= 15 is 0 Å². The van der Waals surface area contributed by atoms with Crippen LogP contribution in [0.1, 0.15) is 17.2 Å². The van der Waals surface area contributed by atoms with Crippen molar-refractivity contribution in [2.75, 3.05) is 0 Å². The largest absolute Gasteiger partial charge is 0.428 e. The number of hydrogen-bond acceptors (Lipinski definition) is 2. The molecular formula is C15H9Cl2NO2. The predicted molar refractivity (Wildman–Crippen MR) is 78.6 cm³/mol. The summed E-state index contributed by atoms with van der Waals surface area (Å²) in [5, 5.41) is 22.7. The van der Waals surface area contributed by atoms with Gasteiger partial charge in [0.05, 0.1) is 16.2 Å². The summed E-state index contributed by atoms with van der Waals surface area (Å²) in [5.41, 5.74) is 3.16. The van der Waals surface area contributed by atoms with Crippen molar-refractivity contribution in [3.8, 4) is 11.3 Å². The highest BCUT2D eigenvalue weighted by molar-refractivity contribution is 6.34. The Kier molecular flexibility index (Phi) is 2.37. The Morgan fingerprint density at radius 3 is 2.70 bits per heavy atom. The van der Waals surface area contributed by atoms with Crippen molar-refractivity contribution in [1.29, 1.82) is 0 Å². The molecule has 0 radical (unpaired) electrons. The second kappa shape index (κ2) is 3.92. The molecule has 0 amide bonds. The van der Waals surface area contributed by atoms with Gasteiger partial charge in [-0.25, -0.2) is 0 Å². The smallest absolute Gasteiger partial charge is 0.108 e. The fourth-order valence-corrected chi connectivity index (χ4v) is 3.41. The van der Waals surface area contributed by atoms with Crippen molar-refractivity contribution in [2.24, 2.45) is 0 Å². The molecular weight excluding hydrogens is 297 g/mol. The molecule has 3 nitrogen and oxygen atoms in total. The monoisotopic (exact) mass is 305 g/mol. The SMILES string of the molecule is OC1c2cccc(Cl)c2-c2c1c1cc(Cl)ccc1n2O. The van der Waals surface area contributed by atoms with Gasteiger partial charge < -0.3 is 10.3 Å². The Bertz CT molecular complexity index is 870. The minimum atomic E-state index is -0.812. The van der Waals surface area contributed by atoms with Crippen LogP contribution in [0.2, 0.25) is 10.0 Å². The number of rotatable bonds is 0. The van der Waals surface area contributed by atoms with Crippen LogP contribution >= 0.6 is 23.2 Å². The van der Waals surface area contributed by atoms with E-state index in [0.717, 1.165) is 10.1 Å². The first kappa shape index (κ1) is 12.1. The van der Waals surface area contributed by atoms with Crippen LogP contribution in [0.15, 0.2) is 36.4 Å². The first-order valence-corrected chi connectivity index (χ1v) is 6.85. The Hall–Kier alpha value is -1.68. The van der Waals surface area contributed by atoms with E-state index in [4.69, 9.17) is 23.2 Å². The second-order valence-electron chi connectivity index (χ2n) is 4.84. The second-order valence-corrected chi connectivity index (χ2v) is 5.69. The van der Waals surface area contributed by atoms with Crippen LogP contribution in [0.3, 0.4) is 0 Å². The van der Waals surface area contributed by atoms with E-state index in [2.05, 4.69) is 0 Å². The number of nitrogens with zero attached hydrogens (tertiary/aromatic N) is 1. The first-order valence-electron chi connectivity index (χ1n) is 6.09. The van der Waals surface area contributed by atoms with Gasteiger partial charge in [0, 0.05) is 21.5 Å². The van der Waals surface area contributed by atoms with Gasteiger partial charge in [-0.1, -0.05) is 35.3 Å². The molecule has 3 aromatic rings. The van der Waals surface area contributed by atoms with Gasteiger partial charge in [0.15, 0.2) is 0 Å². The van der Waals surface area contributed by atoms with Crippen LogP contribution in [0.5, 0.6) is 0 Å². The van der Waals surface area contributed by atoms with E-state index < -0.39 is 6.10 Å². The molecule has 2 aromatic carbocycles. The van der Waals surface area contributed by atoms with Gasteiger partial charge in [-0.05, 0) is 29.8 Å². The third kappa shape index (κ3) is 1.35. The van der Waals surface area contributed by atoms with E-state index in [1.54, 1.807) is 30.3 Å². The summed E-state index contributed by atoms with van der Waals surface area (Å²) in [4.78, 5) is 0. The number of benzene rings is 2. The third-order valence-electron chi connectivity index (χ3n) is 3.79. The van der Waals surface area contributed by atoms with Crippen LogP contribution in [-0.4, -0.2) is 15.0 Å². The zero-order valence-corrected chi connectivity index (χ0v) is 11.7. The molecule has 1 aliphatic rings. The highest BCUT2D eigenvalue weighted by Gasteiger charge is 2.35. The maximum Gasteiger partial charge on any atom is 0.108 e. The van der Waals surface area contributed by atoms with E-state index in [9.17, 15) is 10.3 Å². The maximum atomic E-state index is 10.5. The molecule has 0 bridgehead atoms. The lowest BCUT2D eigenvalue weighted by atomic mass is 10.1. The topological polar surface area (TPSA) is 45.4 Å². The van der Waals surface area contributed by atoms with Gasteiger partial charge >= 0.3 is 0 Å². The molecule has 2 N–H and O–H groups in total. The van der Waals surface area contributed by atoms with E-state index in [0.29, 0.717) is 37.9 Å². The van der Waals surface area contributed by atoms with Crippen molar-refractivity contribution in [3.63, 3.8) is 0 Å². The summed E-state index contributed by atoms with van der Waals surface area (Å²) in [6.45, 7) is 0. The van der Waals surface area contributed by atoms with Crippen molar-refractivity contribution in [3.05, 3.63) is 57.6 Å². The van der Waals surface area contributed by atoms with Crippen molar-refractivity contribution >= 4 is 34.1 Å². The molecule has 20 heavy (non-hydrogen) atoms. The average Bonchev–Trinajstić information content (AvgIpc) is 2.87. The van der Waals surface area contributed by atoms with Gasteiger partial charge in [-0.2, -0.15) is 4.73 Å². The van der Waals surface area contributed by atoms with Crippen LogP contribution < -0.4 is 0 Å². The lowest BCUT2D eigenvalue weighted by molar-refractivity contribution is 0.202. The average molecular weight is 306 g/mol. The summed E-state index contributed by atoms with van der Waals surface area (Å²) in [6.07, 6.45) is -0.812. The van der Waals surface area contributed by atoms with Gasteiger partial charge in [-0.3, -0.25) is 0 Å². The number of hydrogen-bond donors (Lipinski definition) is 2. The van der Waals surface area contributed by atoms with Gasteiger partial charge in [0.25, 0.3) is 0 Å². The molecule has 1 atom stereocenters. The third-order valence-corrected chi connectivity index (χ3v) is 4.34. The molecule has 1 unspecified atom stereocenters. The Morgan fingerprint density at radius 2 is 1.90 bits per heavy atom. The molecule has 0 aliphatic heterocycles. The van der Waals surface area contributed by atoms with E-state index in [-0.39, 0.29) is 0 Å². The van der Waals surface area contributed by atoms with Crippen molar-refractivity contribution < 1.29 is 10.3 Å². The van der Waals surface area contributed by atoms with Crippen molar-refractivity contribution in [2.45, 2.75) is 6.10 Å².